The minimum Gasteiger partial charge on any atom is -0.497 e. The quantitative estimate of drug-likeness (QED) is 0.776. The maximum atomic E-state index is 11.4. The molecule has 0 heterocycles. The Hall–Kier alpha value is -2.30. The topological polar surface area (TPSA) is 75.6 Å². The number of amides is 1. The molecular formula is C13H15NO4. The third kappa shape index (κ3) is 4.29. The molecule has 1 amide bonds. The van der Waals surface area contributed by atoms with E-state index in [-0.39, 0.29) is 6.04 Å². The van der Waals surface area contributed by atoms with Gasteiger partial charge in [0.05, 0.1) is 13.2 Å². The molecule has 0 radical (unpaired) electrons. The molecule has 0 aliphatic heterocycles. The van der Waals surface area contributed by atoms with E-state index in [4.69, 9.17) is 9.84 Å². The molecule has 5 nitrogen and oxygen atoms in total. The molecule has 0 aromatic heterocycles. The van der Waals surface area contributed by atoms with Gasteiger partial charge in [-0.05, 0) is 24.6 Å². The minimum atomic E-state index is -1.15. The van der Waals surface area contributed by atoms with Gasteiger partial charge in [0.1, 0.15) is 5.75 Å². The highest BCUT2D eigenvalue weighted by Crippen LogP contribution is 2.16. The predicted molar refractivity (Wildman–Crippen MR) is 66.3 cm³/mol. The summed E-state index contributed by atoms with van der Waals surface area (Å²) in [6, 6.07) is 7.06. The summed E-state index contributed by atoms with van der Waals surface area (Å²) >= 11 is 0. The number of hydrogen-bond acceptors (Lipinski definition) is 3. The van der Waals surface area contributed by atoms with Gasteiger partial charge in [-0.25, -0.2) is 4.79 Å². The summed E-state index contributed by atoms with van der Waals surface area (Å²) in [5.41, 5.74) is 0.910. The Morgan fingerprint density at radius 2 is 1.89 bits per heavy atom. The molecule has 0 aliphatic carbocycles. The van der Waals surface area contributed by atoms with Gasteiger partial charge >= 0.3 is 5.97 Å². The van der Waals surface area contributed by atoms with Crippen molar-refractivity contribution in [1.29, 1.82) is 0 Å². The lowest BCUT2D eigenvalue weighted by Crippen LogP contribution is -2.24. The van der Waals surface area contributed by atoms with Crippen molar-refractivity contribution < 1.29 is 19.4 Å². The van der Waals surface area contributed by atoms with Gasteiger partial charge in [-0.1, -0.05) is 12.1 Å². The van der Waals surface area contributed by atoms with Crippen molar-refractivity contribution in [2.45, 2.75) is 13.0 Å². The van der Waals surface area contributed by atoms with Gasteiger partial charge < -0.3 is 15.2 Å². The number of carboxylic acid groups (broad SMARTS) is 1. The van der Waals surface area contributed by atoms with Crippen molar-refractivity contribution in [3.8, 4) is 5.75 Å². The number of nitrogens with one attached hydrogen (secondary N) is 1. The Morgan fingerprint density at radius 3 is 2.39 bits per heavy atom. The van der Waals surface area contributed by atoms with Crippen LogP contribution in [0.4, 0.5) is 0 Å². The second-order valence-electron chi connectivity index (χ2n) is 3.68. The molecule has 2 N–H and O–H groups in total. The maximum Gasteiger partial charge on any atom is 0.328 e. The number of carbonyl (C=O) groups is 2. The molecular weight excluding hydrogens is 234 g/mol. The lowest BCUT2D eigenvalue weighted by atomic mass is 10.1. The van der Waals surface area contributed by atoms with Crippen molar-refractivity contribution in [3.05, 3.63) is 42.0 Å². The molecule has 0 saturated heterocycles. The number of benzene rings is 1. The highest BCUT2D eigenvalue weighted by Gasteiger charge is 2.07. The van der Waals surface area contributed by atoms with Crippen molar-refractivity contribution in [2.24, 2.45) is 0 Å². The first kappa shape index (κ1) is 13.8. The summed E-state index contributed by atoms with van der Waals surface area (Å²) in [6.45, 7) is 1.81. The average molecular weight is 249 g/mol. The van der Waals surface area contributed by atoms with Crippen molar-refractivity contribution >= 4 is 11.9 Å². The van der Waals surface area contributed by atoms with E-state index in [2.05, 4.69) is 5.32 Å². The second kappa shape index (κ2) is 6.44. The number of aliphatic carboxylic acids is 1. The molecule has 5 heteroatoms. The zero-order chi connectivity index (χ0) is 13.5. The number of carbonyl (C=O) groups excluding carboxylic acids is 1. The third-order valence-corrected chi connectivity index (χ3v) is 2.35. The van der Waals surface area contributed by atoms with E-state index in [1.54, 1.807) is 19.2 Å². The maximum absolute atomic E-state index is 11.4. The minimum absolute atomic E-state index is 0.207. The van der Waals surface area contributed by atoms with Crippen LogP contribution in [0.5, 0.6) is 5.75 Å². The van der Waals surface area contributed by atoms with E-state index in [9.17, 15) is 9.59 Å². The van der Waals surface area contributed by atoms with Crippen molar-refractivity contribution in [3.63, 3.8) is 0 Å². The van der Waals surface area contributed by atoms with Gasteiger partial charge in [-0.3, -0.25) is 4.79 Å². The Morgan fingerprint density at radius 1 is 1.28 bits per heavy atom. The van der Waals surface area contributed by atoms with Gasteiger partial charge in [-0.15, -0.1) is 0 Å². The number of carboxylic acids is 1. The molecule has 0 saturated carbocycles. The Balaban J connectivity index is 2.61. The summed E-state index contributed by atoms with van der Waals surface area (Å²) in [4.78, 5) is 21.6. The summed E-state index contributed by atoms with van der Waals surface area (Å²) in [7, 11) is 1.58. The number of hydrogen-bond donors (Lipinski definition) is 2. The third-order valence-electron chi connectivity index (χ3n) is 2.35. The molecule has 1 atom stereocenters. The SMILES string of the molecule is COc1ccc([C@@H](C)NC(=O)/C=C/C(=O)O)cc1. The molecule has 1 aromatic carbocycles. The van der Waals surface area contributed by atoms with E-state index in [1.807, 2.05) is 19.1 Å². The smallest absolute Gasteiger partial charge is 0.328 e. The lowest BCUT2D eigenvalue weighted by molar-refractivity contribution is -0.131. The van der Waals surface area contributed by atoms with Gasteiger partial charge in [0.25, 0.3) is 0 Å². The van der Waals surface area contributed by atoms with Crippen LogP contribution in [0, 0.1) is 0 Å². The molecule has 0 spiro atoms. The summed E-state index contributed by atoms with van der Waals surface area (Å²) in [5.74, 6) is -0.856. The highest BCUT2D eigenvalue weighted by molar-refractivity contribution is 5.94. The van der Waals surface area contributed by atoms with Gasteiger partial charge in [0, 0.05) is 12.2 Å². The molecule has 0 aliphatic rings. The lowest BCUT2D eigenvalue weighted by Gasteiger charge is -2.13. The van der Waals surface area contributed by atoms with E-state index >= 15 is 0 Å². The van der Waals surface area contributed by atoms with Crippen LogP contribution in [-0.4, -0.2) is 24.1 Å². The summed E-state index contributed by atoms with van der Waals surface area (Å²) < 4.78 is 5.03. The van der Waals surface area contributed by atoms with Gasteiger partial charge in [0.15, 0.2) is 0 Å². The molecule has 0 fully saturated rings. The standard InChI is InChI=1S/C13H15NO4/c1-9(14-12(15)7-8-13(16)17)10-3-5-11(18-2)6-4-10/h3-9H,1-2H3,(H,14,15)(H,16,17)/b8-7+/t9-/m1/s1. The average Bonchev–Trinajstić information content (AvgIpc) is 2.36. The number of ether oxygens (including phenoxy) is 1. The zero-order valence-corrected chi connectivity index (χ0v) is 10.2. The monoisotopic (exact) mass is 249 g/mol. The normalized spacial score (nSPS) is 12.1. The fourth-order valence-electron chi connectivity index (χ4n) is 1.38. The fraction of sp³-hybridized carbons (Fsp3) is 0.231. The van der Waals surface area contributed by atoms with E-state index < -0.39 is 11.9 Å². The van der Waals surface area contributed by atoms with Crippen LogP contribution in [0.3, 0.4) is 0 Å². The van der Waals surface area contributed by atoms with Crippen LogP contribution in [0.2, 0.25) is 0 Å². The van der Waals surface area contributed by atoms with Crippen molar-refractivity contribution in [1.82, 2.24) is 5.32 Å². The number of rotatable bonds is 5. The summed E-state index contributed by atoms with van der Waals surface area (Å²) in [6.07, 6.45) is 1.79. The van der Waals surface area contributed by atoms with Crippen LogP contribution in [-0.2, 0) is 9.59 Å². The zero-order valence-electron chi connectivity index (χ0n) is 10.2. The van der Waals surface area contributed by atoms with Crippen LogP contribution in [0.15, 0.2) is 36.4 Å². The Labute approximate surface area is 105 Å². The van der Waals surface area contributed by atoms with E-state index in [0.717, 1.165) is 23.5 Å². The van der Waals surface area contributed by atoms with E-state index in [0.29, 0.717) is 0 Å². The van der Waals surface area contributed by atoms with Crippen LogP contribution in [0.1, 0.15) is 18.5 Å². The molecule has 0 bridgehead atoms. The first-order valence-corrected chi connectivity index (χ1v) is 5.38. The molecule has 18 heavy (non-hydrogen) atoms. The fourth-order valence-corrected chi connectivity index (χ4v) is 1.38. The largest absolute Gasteiger partial charge is 0.497 e. The first-order valence-electron chi connectivity index (χ1n) is 5.38. The van der Waals surface area contributed by atoms with E-state index in [1.165, 1.54) is 0 Å². The summed E-state index contributed by atoms with van der Waals surface area (Å²) in [5, 5.41) is 11.0. The number of methoxy groups -OCH3 is 1. The first-order chi connectivity index (χ1) is 8.52. The molecule has 0 unspecified atom stereocenters. The molecule has 1 aromatic rings. The van der Waals surface area contributed by atoms with Crippen LogP contribution in [0.25, 0.3) is 0 Å². The van der Waals surface area contributed by atoms with Gasteiger partial charge in [-0.2, -0.15) is 0 Å². The second-order valence-corrected chi connectivity index (χ2v) is 3.68. The molecule has 96 valence electrons. The van der Waals surface area contributed by atoms with Crippen molar-refractivity contribution in [2.75, 3.05) is 7.11 Å². The predicted octanol–water partition coefficient (Wildman–Crippen LogP) is 1.51. The van der Waals surface area contributed by atoms with Crippen LogP contribution < -0.4 is 10.1 Å². The molecule has 1 rings (SSSR count). The van der Waals surface area contributed by atoms with Gasteiger partial charge in [0.2, 0.25) is 5.91 Å². The Kier molecular flexibility index (Phi) is 4.92. The highest BCUT2D eigenvalue weighted by atomic mass is 16.5. The Bertz CT molecular complexity index is 451. The van der Waals surface area contributed by atoms with Crippen LogP contribution >= 0.6 is 0 Å².